The number of nitrogens with zero attached hydrogens (tertiary/aromatic N) is 3. The van der Waals surface area contributed by atoms with Gasteiger partial charge in [0.1, 0.15) is 6.04 Å². The van der Waals surface area contributed by atoms with Gasteiger partial charge in [-0.2, -0.15) is 4.98 Å². The van der Waals surface area contributed by atoms with Crippen molar-refractivity contribution in [2.75, 3.05) is 19.7 Å². The third-order valence-corrected chi connectivity index (χ3v) is 4.78. The van der Waals surface area contributed by atoms with E-state index in [1.165, 1.54) is 0 Å². The smallest absolute Gasteiger partial charge is 0.318 e. The number of rotatable bonds is 4. The van der Waals surface area contributed by atoms with Crippen LogP contribution in [0.3, 0.4) is 0 Å². The first-order chi connectivity index (χ1) is 12.4. The van der Waals surface area contributed by atoms with Crippen LogP contribution in [0.15, 0.2) is 28.8 Å². The molecule has 8 nitrogen and oxygen atoms in total. The number of nitrogens with one attached hydrogen (secondary N) is 1. The zero-order valence-corrected chi connectivity index (χ0v) is 15.1. The molecule has 1 atom stereocenters. The molecule has 1 unspecified atom stereocenters. The molecule has 1 saturated heterocycles. The molecule has 2 heterocycles. The van der Waals surface area contributed by atoms with Crippen molar-refractivity contribution in [3.05, 3.63) is 35.2 Å². The van der Waals surface area contributed by atoms with Gasteiger partial charge in [0.2, 0.25) is 11.7 Å². The molecule has 3 rings (SSSR count). The van der Waals surface area contributed by atoms with Crippen LogP contribution in [0.5, 0.6) is 0 Å². The predicted molar refractivity (Wildman–Crippen MR) is 94.5 cm³/mol. The van der Waals surface area contributed by atoms with Gasteiger partial charge < -0.3 is 25.0 Å². The van der Waals surface area contributed by atoms with Crippen LogP contribution in [0.25, 0.3) is 11.4 Å². The van der Waals surface area contributed by atoms with Crippen molar-refractivity contribution in [1.29, 1.82) is 0 Å². The van der Waals surface area contributed by atoms with E-state index in [-0.39, 0.29) is 12.6 Å². The number of hydrogen-bond acceptors (Lipinski definition) is 6. The van der Waals surface area contributed by atoms with Crippen molar-refractivity contribution in [1.82, 2.24) is 20.4 Å². The molecule has 140 valence electrons. The van der Waals surface area contributed by atoms with Crippen molar-refractivity contribution >= 4 is 17.6 Å². The van der Waals surface area contributed by atoms with Crippen LogP contribution in [0.4, 0.5) is 4.79 Å². The van der Waals surface area contributed by atoms with Gasteiger partial charge in [0.25, 0.3) is 0 Å². The summed E-state index contributed by atoms with van der Waals surface area (Å²) in [5.74, 6) is 0.718. The summed E-state index contributed by atoms with van der Waals surface area (Å²) in [6.45, 7) is 2.20. The Hall–Kier alpha value is -2.16. The van der Waals surface area contributed by atoms with Gasteiger partial charge in [0.15, 0.2) is 0 Å². The van der Waals surface area contributed by atoms with Gasteiger partial charge in [0, 0.05) is 23.7 Å². The highest BCUT2D eigenvalue weighted by Crippen LogP contribution is 2.23. The number of aliphatic hydroxyl groups excluding tert-OH is 1. The van der Waals surface area contributed by atoms with Gasteiger partial charge >= 0.3 is 6.03 Å². The van der Waals surface area contributed by atoms with Crippen LogP contribution in [0, 0.1) is 0 Å². The highest BCUT2D eigenvalue weighted by molar-refractivity contribution is 6.30. The fraction of sp³-hybridized carbons (Fsp3) is 0.471. The van der Waals surface area contributed by atoms with Crippen molar-refractivity contribution in [3.8, 4) is 11.4 Å². The Morgan fingerprint density at radius 1 is 1.38 bits per heavy atom. The minimum atomic E-state index is -1.09. The van der Waals surface area contributed by atoms with Crippen molar-refractivity contribution in [2.24, 2.45) is 0 Å². The van der Waals surface area contributed by atoms with Crippen molar-refractivity contribution in [2.45, 2.75) is 31.4 Å². The van der Waals surface area contributed by atoms with Crippen molar-refractivity contribution < 1.29 is 19.5 Å². The molecule has 0 radical (unpaired) electrons. The molecule has 2 amide bonds. The van der Waals surface area contributed by atoms with E-state index in [0.29, 0.717) is 42.7 Å². The number of hydrogen-bond donors (Lipinski definition) is 3. The van der Waals surface area contributed by atoms with E-state index in [2.05, 4.69) is 15.5 Å². The second kappa shape index (κ2) is 7.61. The average molecular weight is 381 g/mol. The lowest BCUT2D eigenvalue weighted by molar-refractivity contribution is -0.0528. The minimum absolute atomic E-state index is 0.274. The third-order valence-electron chi connectivity index (χ3n) is 4.53. The Morgan fingerprint density at radius 2 is 2.04 bits per heavy atom. The maximum atomic E-state index is 12.4. The molecular formula is C17H21ClN4O4. The Labute approximate surface area is 155 Å². The molecule has 26 heavy (non-hydrogen) atoms. The van der Waals surface area contributed by atoms with E-state index in [1.807, 2.05) is 0 Å². The number of carbonyl (C=O) groups excluding carboxylic acids is 1. The Morgan fingerprint density at radius 3 is 2.65 bits per heavy atom. The number of urea groups is 1. The molecule has 0 saturated carbocycles. The molecule has 1 aliphatic rings. The van der Waals surface area contributed by atoms with Crippen LogP contribution in [0.1, 0.15) is 31.7 Å². The van der Waals surface area contributed by atoms with E-state index in [0.717, 1.165) is 5.56 Å². The van der Waals surface area contributed by atoms with E-state index >= 15 is 0 Å². The predicted octanol–water partition coefficient (Wildman–Crippen LogP) is 1.98. The van der Waals surface area contributed by atoms with E-state index in [1.54, 1.807) is 36.1 Å². The molecule has 1 aromatic heterocycles. The maximum Gasteiger partial charge on any atom is 0.318 e. The molecular weight excluding hydrogens is 360 g/mol. The quantitative estimate of drug-likeness (QED) is 0.747. The zero-order valence-electron chi connectivity index (χ0n) is 14.4. The Kier molecular flexibility index (Phi) is 5.45. The normalized spacial score (nSPS) is 17.8. The fourth-order valence-electron chi connectivity index (χ4n) is 2.75. The molecule has 9 heteroatoms. The third kappa shape index (κ3) is 4.14. The number of likely N-dealkylation sites (tertiary alicyclic amines) is 1. The number of aromatic nitrogens is 2. The number of piperidine rings is 1. The van der Waals surface area contributed by atoms with Gasteiger partial charge in [-0.05, 0) is 44.0 Å². The number of benzene rings is 1. The highest BCUT2D eigenvalue weighted by atomic mass is 35.5. The van der Waals surface area contributed by atoms with Gasteiger partial charge in [-0.25, -0.2) is 4.79 Å². The fourth-order valence-corrected chi connectivity index (χ4v) is 2.88. The van der Waals surface area contributed by atoms with Gasteiger partial charge in [-0.1, -0.05) is 16.8 Å². The topological polar surface area (TPSA) is 112 Å². The van der Waals surface area contributed by atoms with E-state index in [9.17, 15) is 15.0 Å². The van der Waals surface area contributed by atoms with Crippen LogP contribution in [-0.2, 0) is 0 Å². The summed E-state index contributed by atoms with van der Waals surface area (Å²) in [5, 5.41) is 26.6. The van der Waals surface area contributed by atoms with Gasteiger partial charge in [0.05, 0.1) is 12.2 Å². The summed E-state index contributed by atoms with van der Waals surface area (Å²) in [6, 6.07) is 6.31. The summed E-state index contributed by atoms with van der Waals surface area (Å²) in [6.07, 6.45) is 0.680. The second-order valence-electron chi connectivity index (χ2n) is 6.50. The Balaban J connectivity index is 1.59. The molecule has 1 aliphatic heterocycles. The van der Waals surface area contributed by atoms with Gasteiger partial charge in [-0.15, -0.1) is 0 Å². The number of aliphatic hydroxyl groups is 2. The summed E-state index contributed by atoms with van der Waals surface area (Å²) in [4.78, 5) is 18.3. The molecule has 3 N–H and O–H groups in total. The number of halogens is 1. The lowest BCUT2D eigenvalue weighted by atomic mass is 9.93. The number of amides is 2. The summed E-state index contributed by atoms with van der Waals surface area (Å²) in [5.41, 5.74) is -0.329. The first-order valence-electron chi connectivity index (χ1n) is 8.38. The monoisotopic (exact) mass is 380 g/mol. The molecule has 2 aromatic rings. The maximum absolute atomic E-state index is 12.4. The lowest BCUT2D eigenvalue weighted by Gasteiger charge is -2.37. The minimum Gasteiger partial charge on any atom is -0.393 e. The summed E-state index contributed by atoms with van der Waals surface area (Å²) < 4.78 is 5.25. The average Bonchev–Trinajstić information content (AvgIpc) is 3.13. The zero-order chi connectivity index (χ0) is 18.7. The second-order valence-corrected chi connectivity index (χ2v) is 6.94. The molecule has 0 aliphatic carbocycles. The van der Waals surface area contributed by atoms with Crippen LogP contribution < -0.4 is 5.32 Å². The van der Waals surface area contributed by atoms with Crippen molar-refractivity contribution in [3.63, 3.8) is 0 Å². The standard InChI is InChI=1S/C17H21ClN4O4/c1-11(19-16(24)22-8-6-17(25,10-23)7-9-22)15-20-14(21-26-15)12-2-4-13(18)5-3-12/h2-5,11,23,25H,6-10H2,1H3,(H,19,24). The van der Waals surface area contributed by atoms with Crippen LogP contribution >= 0.6 is 11.6 Å². The number of carbonyl (C=O) groups is 1. The molecule has 0 bridgehead atoms. The van der Waals surface area contributed by atoms with E-state index < -0.39 is 11.6 Å². The van der Waals surface area contributed by atoms with Crippen LogP contribution in [-0.4, -0.2) is 56.6 Å². The largest absolute Gasteiger partial charge is 0.393 e. The van der Waals surface area contributed by atoms with Gasteiger partial charge in [-0.3, -0.25) is 0 Å². The summed E-state index contributed by atoms with van der Waals surface area (Å²) in [7, 11) is 0. The van der Waals surface area contributed by atoms with E-state index in [4.69, 9.17) is 16.1 Å². The highest BCUT2D eigenvalue weighted by Gasteiger charge is 2.33. The van der Waals surface area contributed by atoms with Crippen LogP contribution in [0.2, 0.25) is 5.02 Å². The SMILES string of the molecule is CC(NC(=O)N1CCC(O)(CO)CC1)c1nc(-c2ccc(Cl)cc2)no1. The summed E-state index contributed by atoms with van der Waals surface area (Å²) >= 11 is 5.87. The lowest BCUT2D eigenvalue weighted by Crippen LogP contribution is -2.51. The molecule has 1 fully saturated rings. The first-order valence-corrected chi connectivity index (χ1v) is 8.76. The Bertz CT molecular complexity index is 756. The molecule has 1 aromatic carbocycles. The molecule has 0 spiro atoms. The first kappa shape index (κ1) is 18.6.